The molecule has 0 aliphatic carbocycles. The fraction of sp³-hybridized carbons (Fsp3) is 0.500. The Balaban J connectivity index is 1.98. The molecule has 4 heteroatoms. The zero-order valence-electron chi connectivity index (χ0n) is 10.8. The Hall–Kier alpha value is -1.55. The van der Waals surface area contributed by atoms with E-state index >= 15 is 0 Å². The van der Waals surface area contributed by atoms with Gasteiger partial charge in [-0.25, -0.2) is 0 Å². The van der Waals surface area contributed by atoms with Gasteiger partial charge in [-0.2, -0.15) is 0 Å². The summed E-state index contributed by atoms with van der Waals surface area (Å²) in [6.45, 7) is 3.06. The van der Waals surface area contributed by atoms with Gasteiger partial charge in [0.25, 0.3) is 0 Å². The van der Waals surface area contributed by atoms with Crippen molar-refractivity contribution in [2.75, 3.05) is 25.6 Å². The lowest BCUT2D eigenvalue weighted by Crippen LogP contribution is -2.40. The average Bonchev–Trinajstić information content (AvgIpc) is 2.43. The van der Waals surface area contributed by atoms with Crippen molar-refractivity contribution < 1.29 is 14.3 Å². The molecule has 1 N–H and O–H groups in total. The Labute approximate surface area is 107 Å². The van der Waals surface area contributed by atoms with Crippen LogP contribution in [0, 0.1) is 5.92 Å². The predicted octanol–water partition coefficient (Wildman–Crippen LogP) is 2.10. The van der Waals surface area contributed by atoms with Crippen molar-refractivity contribution in [1.82, 2.24) is 0 Å². The standard InChI is InChI=1S/C14H19NO3/c1-10(7-8-17-2)14(16)13-9-15-11-5-3-4-6-12(11)18-13/h3-6,10,13,15H,7-9H2,1-2H3. The third kappa shape index (κ3) is 2.82. The number of ether oxygens (including phenoxy) is 2. The van der Waals surface area contributed by atoms with Crippen LogP contribution < -0.4 is 10.1 Å². The summed E-state index contributed by atoms with van der Waals surface area (Å²) >= 11 is 0. The van der Waals surface area contributed by atoms with E-state index in [9.17, 15) is 4.79 Å². The second-order valence-electron chi connectivity index (χ2n) is 4.57. The van der Waals surface area contributed by atoms with Gasteiger partial charge in [0.2, 0.25) is 0 Å². The molecule has 0 saturated heterocycles. The average molecular weight is 249 g/mol. The van der Waals surface area contributed by atoms with Crippen LogP contribution in [0.3, 0.4) is 0 Å². The number of ketones is 1. The van der Waals surface area contributed by atoms with Gasteiger partial charge < -0.3 is 14.8 Å². The lowest BCUT2D eigenvalue weighted by molar-refractivity contribution is -0.129. The first-order chi connectivity index (χ1) is 8.72. The minimum absolute atomic E-state index is 0.0398. The van der Waals surface area contributed by atoms with Crippen molar-refractivity contribution in [3.63, 3.8) is 0 Å². The van der Waals surface area contributed by atoms with Gasteiger partial charge in [0.15, 0.2) is 11.9 Å². The predicted molar refractivity (Wildman–Crippen MR) is 70.0 cm³/mol. The molecule has 2 rings (SSSR count). The summed E-state index contributed by atoms with van der Waals surface area (Å²) in [5.41, 5.74) is 0.950. The van der Waals surface area contributed by atoms with E-state index in [0.717, 1.165) is 17.9 Å². The van der Waals surface area contributed by atoms with Crippen LogP contribution >= 0.6 is 0 Å². The number of methoxy groups -OCH3 is 1. The fourth-order valence-corrected chi connectivity index (χ4v) is 2.03. The number of nitrogens with one attached hydrogen (secondary N) is 1. The Morgan fingerprint density at radius 3 is 3.11 bits per heavy atom. The highest BCUT2D eigenvalue weighted by Gasteiger charge is 2.28. The second kappa shape index (κ2) is 5.87. The summed E-state index contributed by atoms with van der Waals surface area (Å²) in [5.74, 6) is 0.845. The molecule has 0 radical (unpaired) electrons. The molecule has 1 aliphatic heterocycles. The van der Waals surface area contributed by atoms with E-state index in [-0.39, 0.29) is 11.7 Å². The zero-order chi connectivity index (χ0) is 13.0. The Morgan fingerprint density at radius 2 is 2.33 bits per heavy atom. The molecule has 2 atom stereocenters. The highest BCUT2D eigenvalue weighted by molar-refractivity contribution is 5.87. The van der Waals surface area contributed by atoms with E-state index in [1.807, 2.05) is 31.2 Å². The summed E-state index contributed by atoms with van der Waals surface area (Å²) in [6, 6.07) is 7.67. The van der Waals surface area contributed by atoms with Crippen LogP contribution in [0.25, 0.3) is 0 Å². The monoisotopic (exact) mass is 249 g/mol. The van der Waals surface area contributed by atoms with E-state index in [2.05, 4.69) is 5.32 Å². The van der Waals surface area contributed by atoms with Crippen LogP contribution in [0.1, 0.15) is 13.3 Å². The topological polar surface area (TPSA) is 47.6 Å². The van der Waals surface area contributed by atoms with Gasteiger partial charge in [-0.1, -0.05) is 19.1 Å². The molecule has 0 amide bonds. The molecule has 1 aliphatic rings. The summed E-state index contributed by atoms with van der Waals surface area (Å²) < 4.78 is 10.7. The minimum Gasteiger partial charge on any atom is -0.479 e. The molecule has 4 nitrogen and oxygen atoms in total. The first-order valence-corrected chi connectivity index (χ1v) is 6.24. The number of carbonyl (C=O) groups excluding carboxylic acids is 1. The smallest absolute Gasteiger partial charge is 0.178 e. The van der Waals surface area contributed by atoms with Crippen LogP contribution in [-0.2, 0) is 9.53 Å². The first kappa shape index (κ1) is 12.9. The number of Topliss-reactive ketones (excluding diaryl/α,β-unsaturated/α-hetero) is 1. The molecule has 1 aromatic rings. The lowest BCUT2D eigenvalue weighted by atomic mass is 9.98. The number of anilines is 1. The number of hydrogen-bond acceptors (Lipinski definition) is 4. The van der Waals surface area contributed by atoms with Crippen LogP contribution in [0.2, 0.25) is 0 Å². The molecule has 0 aromatic heterocycles. The van der Waals surface area contributed by atoms with E-state index in [0.29, 0.717) is 13.2 Å². The third-order valence-electron chi connectivity index (χ3n) is 3.19. The van der Waals surface area contributed by atoms with Crippen LogP contribution in [0.4, 0.5) is 5.69 Å². The second-order valence-corrected chi connectivity index (χ2v) is 4.57. The summed E-state index contributed by atoms with van der Waals surface area (Å²) in [7, 11) is 1.64. The summed E-state index contributed by atoms with van der Waals surface area (Å²) in [5, 5.41) is 3.23. The van der Waals surface area contributed by atoms with Crippen molar-refractivity contribution in [1.29, 1.82) is 0 Å². The van der Waals surface area contributed by atoms with E-state index < -0.39 is 6.10 Å². The highest BCUT2D eigenvalue weighted by Crippen LogP contribution is 2.29. The van der Waals surface area contributed by atoms with E-state index in [1.54, 1.807) is 7.11 Å². The maximum absolute atomic E-state index is 12.2. The van der Waals surface area contributed by atoms with Gasteiger partial charge in [0.1, 0.15) is 5.75 Å². The minimum atomic E-state index is -0.397. The molecule has 0 spiro atoms. The SMILES string of the molecule is COCCC(C)C(=O)C1CNc2ccccc2O1. The number of para-hydroxylation sites is 2. The molecular weight excluding hydrogens is 230 g/mol. The van der Waals surface area contributed by atoms with Crippen LogP contribution in [-0.4, -0.2) is 32.1 Å². The van der Waals surface area contributed by atoms with Crippen molar-refractivity contribution >= 4 is 11.5 Å². The molecule has 1 heterocycles. The van der Waals surface area contributed by atoms with Gasteiger partial charge >= 0.3 is 0 Å². The summed E-state index contributed by atoms with van der Waals surface area (Å²) in [6.07, 6.45) is 0.336. The van der Waals surface area contributed by atoms with E-state index in [4.69, 9.17) is 9.47 Å². The quantitative estimate of drug-likeness (QED) is 0.868. The Bertz CT molecular complexity index is 419. The number of benzene rings is 1. The van der Waals surface area contributed by atoms with Gasteiger partial charge in [-0.3, -0.25) is 4.79 Å². The van der Waals surface area contributed by atoms with Gasteiger partial charge in [-0.15, -0.1) is 0 Å². The Kier molecular flexibility index (Phi) is 4.20. The molecule has 98 valence electrons. The first-order valence-electron chi connectivity index (χ1n) is 6.24. The zero-order valence-corrected chi connectivity index (χ0v) is 10.8. The molecular formula is C14H19NO3. The number of hydrogen-bond donors (Lipinski definition) is 1. The molecule has 0 fully saturated rings. The maximum Gasteiger partial charge on any atom is 0.178 e. The van der Waals surface area contributed by atoms with Gasteiger partial charge in [0.05, 0.1) is 12.2 Å². The van der Waals surface area contributed by atoms with Crippen molar-refractivity contribution in [2.45, 2.75) is 19.4 Å². The lowest BCUT2D eigenvalue weighted by Gasteiger charge is -2.28. The molecule has 2 unspecified atom stereocenters. The third-order valence-corrected chi connectivity index (χ3v) is 3.19. The number of carbonyl (C=O) groups is 1. The van der Waals surface area contributed by atoms with Crippen molar-refractivity contribution in [2.24, 2.45) is 5.92 Å². The fourth-order valence-electron chi connectivity index (χ4n) is 2.03. The van der Waals surface area contributed by atoms with Crippen molar-refractivity contribution in [3.8, 4) is 5.75 Å². The largest absolute Gasteiger partial charge is 0.479 e. The molecule has 18 heavy (non-hydrogen) atoms. The van der Waals surface area contributed by atoms with E-state index in [1.165, 1.54) is 0 Å². The number of fused-ring (bicyclic) bond motifs is 1. The molecule has 1 aromatic carbocycles. The van der Waals surface area contributed by atoms with Gasteiger partial charge in [-0.05, 0) is 18.6 Å². The van der Waals surface area contributed by atoms with Crippen LogP contribution in [0.15, 0.2) is 24.3 Å². The maximum atomic E-state index is 12.2. The molecule has 0 bridgehead atoms. The summed E-state index contributed by atoms with van der Waals surface area (Å²) in [4.78, 5) is 12.2. The number of rotatable bonds is 5. The van der Waals surface area contributed by atoms with Gasteiger partial charge in [0, 0.05) is 19.6 Å². The normalized spacial score (nSPS) is 19.3. The Morgan fingerprint density at radius 1 is 1.56 bits per heavy atom. The van der Waals surface area contributed by atoms with Crippen molar-refractivity contribution in [3.05, 3.63) is 24.3 Å². The highest BCUT2D eigenvalue weighted by atomic mass is 16.5. The molecule has 0 saturated carbocycles. The van der Waals surface area contributed by atoms with Crippen LogP contribution in [0.5, 0.6) is 5.75 Å².